The lowest BCUT2D eigenvalue weighted by Gasteiger charge is -2.31. The van der Waals surface area contributed by atoms with E-state index in [1.807, 2.05) is 43.5 Å². The third kappa shape index (κ3) is 4.90. The van der Waals surface area contributed by atoms with Crippen molar-refractivity contribution in [2.75, 3.05) is 25.0 Å². The Morgan fingerprint density at radius 3 is 2.41 bits per heavy atom. The highest BCUT2D eigenvalue weighted by Gasteiger charge is 2.39. The number of sulfonamides is 1. The van der Waals surface area contributed by atoms with E-state index in [1.54, 1.807) is 20.8 Å². The molecule has 1 aromatic carbocycles. The number of carbonyl (C=O) groups excluding carboxylic acids is 2. The van der Waals surface area contributed by atoms with E-state index in [4.69, 9.17) is 4.74 Å². The van der Waals surface area contributed by atoms with Crippen molar-refractivity contribution in [2.24, 2.45) is 5.92 Å². The Balaban J connectivity index is 1.90. The molecule has 186 valence electrons. The first-order valence-electron chi connectivity index (χ1n) is 11.8. The van der Waals surface area contributed by atoms with Crippen LogP contribution in [0.15, 0.2) is 23.1 Å². The Hall–Kier alpha value is -2.65. The lowest BCUT2D eigenvalue weighted by molar-refractivity contribution is -0.120. The molecule has 2 heterocycles. The molecule has 0 bridgehead atoms. The summed E-state index contributed by atoms with van der Waals surface area (Å²) >= 11 is 0. The van der Waals surface area contributed by atoms with Gasteiger partial charge in [-0.3, -0.25) is 4.79 Å². The van der Waals surface area contributed by atoms with Crippen LogP contribution in [-0.4, -0.2) is 48.9 Å². The molecule has 1 N–H and O–H groups in total. The molecule has 8 nitrogen and oxygen atoms in total. The maximum atomic E-state index is 13.8. The predicted molar refractivity (Wildman–Crippen MR) is 132 cm³/mol. The summed E-state index contributed by atoms with van der Waals surface area (Å²) in [5, 5.41) is 2.93. The van der Waals surface area contributed by atoms with Crippen molar-refractivity contribution in [1.29, 1.82) is 0 Å². The number of ether oxygens (including phenoxy) is 1. The second-order valence-electron chi connectivity index (χ2n) is 8.83. The Morgan fingerprint density at radius 2 is 1.79 bits per heavy atom. The summed E-state index contributed by atoms with van der Waals surface area (Å²) in [6, 6.07) is 5.71. The normalized spacial score (nSPS) is 16.9. The Morgan fingerprint density at radius 1 is 1.09 bits per heavy atom. The molecule has 1 saturated heterocycles. The standard InChI is InChI=1S/C25H35N3O5S/c1-7-28-18(5)22(25(30)33-8-2)23(19(28)6)34(31,32)27-13-9-10-20(15-27)24(29)26-21-12-11-16(3)17(4)14-21/h11-12,14,20H,7-10,13,15H2,1-6H3,(H,26,29). The number of nitrogens with one attached hydrogen (secondary N) is 1. The van der Waals surface area contributed by atoms with Crippen molar-refractivity contribution in [3.8, 4) is 0 Å². The fraction of sp³-hybridized carbons (Fsp3) is 0.520. The number of piperidine rings is 1. The van der Waals surface area contributed by atoms with Gasteiger partial charge < -0.3 is 14.6 Å². The number of benzene rings is 1. The van der Waals surface area contributed by atoms with E-state index < -0.39 is 21.9 Å². The molecule has 2 aromatic rings. The number of hydrogen-bond donors (Lipinski definition) is 1. The molecule has 0 radical (unpaired) electrons. The lowest BCUT2D eigenvalue weighted by Crippen LogP contribution is -2.44. The zero-order chi connectivity index (χ0) is 25.2. The van der Waals surface area contributed by atoms with E-state index in [9.17, 15) is 18.0 Å². The minimum Gasteiger partial charge on any atom is -0.462 e. The molecule has 1 aliphatic rings. The fourth-order valence-electron chi connectivity index (χ4n) is 4.66. The second-order valence-corrected chi connectivity index (χ2v) is 10.7. The Bertz CT molecular complexity index is 1200. The summed E-state index contributed by atoms with van der Waals surface area (Å²) in [7, 11) is -4.02. The molecule has 9 heteroatoms. The van der Waals surface area contributed by atoms with Gasteiger partial charge in [-0.25, -0.2) is 13.2 Å². The summed E-state index contributed by atoms with van der Waals surface area (Å²) in [5.41, 5.74) is 4.06. The van der Waals surface area contributed by atoms with Crippen LogP contribution in [-0.2, 0) is 26.1 Å². The van der Waals surface area contributed by atoms with E-state index in [-0.39, 0.29) is 29.5 Å². The molecule has 1 unspecified atom stereocenters. The van der Waals surface area contributed by atoms with Crippen molar-refractivity contribution in [3.63, 3.8) is 0 Å². The van der Waals surface area contributed by atoms with Crippen LogP contribution >= 0.6 is 0 Å². The molecule has 1 fully saturated rings. The Labute approximate surface area is 202 Å². The van der Waals surface area contributed by atoms with Gasteiger partial charge in [-0.15, -0.1) is 0 Å². The maximum absolute atomic E-state index is 13.8. The molecule has 1 aliphatic heterocycles. The maximum Gasteiger partial charge on any atom is 0.341 e. The number of esters is 1. The molecule has 0 aliphatic carbocycles. The van der Waals surface area contributed by atoms with Crippen molar-refractivity contribution < 1.29 is 22.7 Å². The number of anilines is 1. The van der Waals surface area contributed by atoms with E-state index in [0.29, 0.717) is 43.0 Å². The SMILES string of the molecule is CCOC(=O)c1c(S(=O)(=O)N2CCCC(C(=O)Nc3ccc(C)c(C)c3)C2)c(C)n(CC)c1C. The minimum atomic E-state index is -4.02. The first kappa shape index (κ1) is 26.0. The van der Waals surface area contributed by atoms with Crippen LogP contribution in [0.3, 0.4) is 0 Å². The average molecular weight is 490 g/mol. The van der Waals surface area contributed by atoms with Gasteiger partial charge in [0.15, 0.2) is 0 Å². The molecule has 0 spiro atoms. The van der Waals surface area contributed by atoms with Gasteiger partial charge in [0.1, 0.15) is 10.5 Å². The van der Waals surface area contributed by atoms with Crippen LogP contribution in [0.2, 0.25) is 0 Å². The number of nitrogens with zero attached hydrogens (tertiary/aromatic N) is 2. The largest absolute Gasteiger partial charge is 0.462 e. The lowest BCUT2D eigenvalue weighted by atomic mass is 9.98. The zero-order valence-corrected chi connectivity index (χ0v) is 21.7. The molecule has 1 atom stereocenters. The van der Waals surface area contributed by atoms with Crippen LogP contribution in [0.5, 0.6) is 0 Å². The van der Waals surface area contributed by atoms with Gasteiger partial charge in [-0.2, -0.15) is 4.31 Å². The number of amides is 1. The van der Waals surface area contributed by atoms with Crippen molar-refractivity contribution in [1.82, 2.24) is 8.87 Å². The molecule has 1 aromatic heterocycles. The quantitative estimate of drug-likeness (QED) is 0.594. The van der Waals surface area contributed by atoms with Crippen molar-refractivity contribution >= 4 is 27.6 Å². The highest BCUT2D eigenvalue weighted by molar-refractivity contribution is 7.89. The summed E-state index contributed by atoms with van der Waals surface area (Å²) in [4.78, 5) is 25.7. The Kier molecular flexibility index (Phi) is 7.88. The summed E-state index contributed by atoms with van der Waals surface area (Å²) < 4.78 is 35.9. The monoisotopic (exact) mass is 489 g/mol. The molecule has 1 amide bonds. The highest BCUT2D eigenvalue weighted by atomic mass is 32.2. The zero-order valence-electron chi connectivity index (χ0n) is 20.9. The third-order valence-electron chi connectivity index (χ3n) is 6.65. The molecule has 34 heavy (non-hydrogen) atoms. The van der Waals surface area contributed by atoms with Gasteiger partial charge >= 0.3 is 5.97 Å². The van der Waals surface area contributed by atoms with E-state index in [1.165, 1.54) is 4.31 Å². The first-order chi connectivity index (χ1) is 16.0. The van der Waals surface area contributed by atoms with Gasteiger partial charge in [-0.1, -0.05) is 6.07 Å². The fourth-order valence-corrected chi connectivity index (χ4v) is 6.63. The second kappa shape index (κ2) is 10.3. The first-order valence-corrected chi connectivity index (χ1v) is 13.2. The van der Waals surface area contributed by atoms with Crippen molar-refractivity contribution in [3.05, 3.63) is 46.3 Å². The average Bonchev–Trinajstić information content (AvgIpc) is 3.06. The molecular weight excluding hydrogens is 454 g/mol. The topological polar surface area (TPSA) is 97.7 Å². The summed E-state index contributed by atoms with van der Waals surface area (Å²) in [6.07, 6.45) is 1.16. The van der Waals surface area contributed by atoms with Crippen LogP contribution in [0.1, 0.15) is 59.6 Å². The number of aryl methyl sites for hydroxylation is 2. The summed E-state index contributed by atoms with van der Waals surface area (Å²) in [5.74, 6) is -1.33. The van der Waals surface area contributed by atoms with Crippen molar-refractivity contribution in [2.45, 2.75) is 65.8 Å². The van der Waals surface area contributed by atoms with E-state index in [0.717, 1.165) is 11.1 Å². The van der Waals surface area contributed by atoms with Gasteiger partial charge in [-0.05, 0) is 77.6 Å². The van der Waals surface area contributed by atoms with Crippen LogP contribution in [0.25, 0.3) is 0 Å². The third-order valence-corrected chi connectivity index (χ3v) is 8.68. The van der Waals surface area contributed by atoms with Crippen LogP contribution < -0.4 is 5.32 Å². The summed E-state index contributed by atoms with van der Waals surface area (Å²) in [6.45, 7) is 12.1. The van der Waals surface area contributed by atoms with Gasteiger partial charge in [0.05, 0.1) is 12.5 Å². The highest BCUT2D eigenvalue weighted by Crippen LogP contribution is 2.33. The number of hydrogen-bond acceptors (Lipinski definition) is 5. The number of aromatic nitrogens is 1. The molecule has 0 saturated carbocycles. The predicted octanol–water partition coefficient (Wildman–Crippen LogP) is 3.96. The molecular formula is C25H35N3O5S. The minimum absolute atomic E-state index is 0.0134. The van der Waals surface area contributed by atoms with E-state index in [2.05, 4.69) is 5.32 Å². The smallest absolute Gasteiger partial charge is 0.341 e. The van der Waals surface area contributed by atoms with E-state index >= 15 is 0 Å². The van der Waals surface area contributed by atoms with Gasteiger partial charge in [0, 0.05) is 36.7 Å². The molecule has 3 rings (SSSR count). The van der Waals surface area contributed by atoms with Gasteiger partial charge in [0.25, 0.3) is 0 Å². The number of rotatable bonds is 7. The number of carbonyl (C=O) groups is 2. The van der Waals surface area contributed by atoms with Crippen LogP contribution in [0, 0.1) is 33.6 Å². The van der Waals surface area contributed by atoms with Gasteiger partial charge in [0.2, 0.25) is 15.9 Å². The van der Waals surface area contributed by atoms with Crippen LogP contribution in [0.4, 0.5) is 5.69 Å².